The fourth-order valence-electron chi connectivity index (χ4n) is 4.27. The zero-order valence-corrected chi connectivity index (χ0v) is 20.8. The van der Waals surface area contributed by atoms with Gasteiger partial charge in [0.1, 0.15) is 17.5 Å². The van der Waals surface area contributed by atoms with Gasteiger partial charge in [0.25, 0.3) is 5.91 Å². The number of nitrogens with one attached hydrogen (secondary N) is 3. The largest absolute Gasteiger partial charge is 0.480 e. The van der Waals surface area contributed by atoms with Crippen molar-refractivity contribution in [1.29, 1.82) is 5.41 Å². The van der Waals surface area contributed by atoms with E-state index in [1.54, 1.807) is 48.5 Å². The number of benzene rings is 2. The molecule has 1 amide bonds. The lowest BCUT2D eigenvalue weighted by Crippen LogP contribution is -2.42. The summed E-state index contributed by atoms with van der Waals surface area (Å²) >= 11 is 0. The van der Waals surface area contributed by atoms with Gasteiger partial charge in [-0.25, -0.2) is 4.79 Å². The predicted octanol–water partition coefficient (Wildman–Crippen LogP) is 3.79. The van der Waals surface area contributed by atoms with E-state index in [1.807, 2.05) is 0 Å². The lowest BCUT2D eigenvalue weighted by Gasteiger charge is -2.15. The van der Waals surface area contributed by atoms with Crippen molar-refractivity contribution in [3.8, 4) is 0 Å². The maximum absolute atomic E-state index is 13.0. The first-order chi connectivity index (χ1) is 17.7. The topological polar surface area (TPSA) is 166 Å². The average molecular weight is 505 g/mol. The van der Waals surface area contributed by atoms with Gasteiger partial charge in [0.05, 0.1) is 11.4 Å². The maximum atomic E-state index is 13.0. The minimum absolute atomic E-state index is 0.0371. The second kappa shape index (κ2) is 12.6. The van der Waals surface area contributed by atoms with E-state index in [-0.39, 0.29) is 35.1 Å². The summed E-state index contributed by atoms with van der Waals surface area (Å²) in [6.45, 7) is 1.36. The van der Waals surface area contributed by atoms with E-state index in [2.05, 4.69) is 10.3 Å². The molecular formula is C28H32N4O5. The van der Waals surface area contributed by atoms with Gasteiger partial charge in [-0.15, -0.1) is 0 Å². The van der Waals surface area contributed by atoms with Gasteiger partial charge in [-0.2, -0.15) is 0 Å². The van der Waals surface area contributed by atoms with Crippen LogP contribution in [-0.2, 0) is 22.4 Å². The highest BCUT2D eigenvalue weighted by Crippen LogP contribution is 2.23. The quantitative estimate of drug-likeness (QED) is 0.0969. The number of amides is 1. The highest BCUT2D eigenvalue weighted by atomic mass is 16.4. The molecule has 0 fully saturated rings. The Labute approximate surface area is 215 Å². The van der Waals surface area contributed by atoms with Crippen molar-refractivity contribution in [2.75, 3.05) is 0 Å². The van der Waals surface area contributed by atoms with E-state index in [0.717, 1.165) is 24.8 Å². The van der Waals surface area contributed by atoms with E-state index in [9.17, 15) is 24.3 Å². The fourth-order valence-corrected chi connectivity index (χ4v) is 4.27. The molecule has 9 nitrogen and oxygen atoms in total. The molecule has 0 saturated carbocycles. The highest BCUT2D eigenvalue weighted by molar-refractivity contribution is 6.15. The number of unbranched alkanes of at least 4 members (excludes halogenated alkanes) is 2. The smallest absolute Gasteiger partial charge is 0.326 e. The van der Waals surface area contributed by atoms with E-state index in [1.165, 1.54) is 6.92 Å². The lowest BCUT2D eigenvalue weighted by atomic mass is 10.00. The molecule has 1 aromatic heterocycles. The Morgan fingerprint density at radius 2 is 1.62 bits per heavy atom. The number of hydrogen-bond donors (Lipinski definition) is 5. The highest BCUT2D eigenvalue weighted by Gasteiger charge is 2.26. The summed E-state index contributed by atoms with van der Waals surface area (Å²) in [5.74, 6) is -1.88. The number of aliphatic carboxylic acids is 1. The molecule has 6 N–H and O–H groups in total. The summed E-state index contributed by atoms with van der Waals surface area (Å²) in [5.41, 5.74) is 7.73. The number of aromatic amines is 1. The van der Waals surface area contributed by atoms with Gasteiger partial charge < -0.3 is 21.1 Å². The number of rotatable bonds is 14. The van der Waals surface area contributed by atoms with Crippen LogP contribution < -0.4 is 11.1 Å². The number of carbonyl (C=O) groups excluding carboxylic acids is 3. The van der Waals surface area contributed by atoms with Crippen LogP contribution in [0.1, 0.15) is 71.0 Å². The molecule has 1 atom stereocenters. The molecular weight excluding hydrogens is 472 g/mol. The Morgan fingerprint density at radius 1 is 0.973 bits per heavy atom. The first-order valence-corrected chi connectivity index (χ1v) is 12.2. The van der Waals surface area contributed by atoms with Crippen LogP contribution in [0.4, 0.5) is 0 Å². The Morgan fingerprint density at radius 3 is 2.27 bits per heavy atom. The molecule has 194 valence electrons. The van der Waals surface area contributed by atoms with Crippen molar-refractivity contribution in [2.45, 2.75) is 57.9 Å². The molecule has 0 radical (unpaired) electrons. The monoisotopic (exact) mass is 504 g/mol. The minimum atomic E-state index is -1.21. The van der Waals surface area contributed by atoms with Gasteiger partial charge in [-0.05, 0) is 37.0 Å². The van der Waals surface area contributed by atoms with Gasteiger partial charge in [-0.1, -0.05) is 48.9 Å². The van der Waals surface area contributed by atoms with Crippen LogP contribution in [0, 0.1) is 5.41 Å². The van der Waals surface area contributed by atoms with Gasteiger partial charge in [0.2, 0.25) is 0 Å². The van der Waals surface area contributed by atoms with Crippen molar-refractivity contribution in [2.24, 2.45) is 5.73 Å². The number of aromatic nitrogens is 1. The summed E-state index contributed by atoms with van der Waals surface area (Å²) < 4.78 is 0. The third kappa shape index (κ3) is 7.60. The number of carbonyl (C=O) groups is 4. The van der Waals surface area contributed by atoms with E-state index < -0.39 is 17.9 Å². The third-order valence-electron chi connectivity index (χ3n) is 6.15. The Bertz CT molecular complexity index is 1310. The predicted molar refractivity (Wildman–Crippen MR) is 141 cm³/mol. The Kier molecular flexibility index (Phi) is 9.32. The second-order valence-electron chi connectivity index (χ2n) is 9.16. The minimum Gasteiger partial charge on any atom is -0.480 e. The number of hydrogen-bond acceptors (Lipinski definition) is 5. The van der Waals surface area contributed by atoms with E-state index >= 15 is 0 Å². The maximum Gasteiger partial charge on any atom is 0.326 e. The number of amidine groups is 1. The molecule has 0 aliphatic rings. The van der Waals surface area contributed by atoms with Gasteiger partial charge in [0.15, 0.2) is 5.78 Å². The molecule has 37 heavy (non-hydrogen) atoms. The number of H-pyrrole nitrogens is 1. The Hall–Kier alpha value is -4.27. The molecule has 3 aromatic rings. The summed E-state index contributed by atoms with van der Waals surface area (Å²) in [6, 6.07) is 12.9. The number of Topliss-reactive ketones (excluding diaryl/α,β-unsaturated/α-hetero) is 2. The van der Waals surface area contributed by atoms with E-state index in [4.69, 9.17) is 11.1 Å². The second-order valence-corrected chi connectivity index (χ2v) is 9.16. The summed E-state index contributed by atoms with van der Waals surface area (Å²) in [6.07, 6.45) is 3.75. The molecule has 0 aliphatic carbocycles. The standard InChI is InChI=1S/C28H32N4O5/c1-17(33)25-21-8-5-6-9-22(21)31-26(25)27(35)32-23(28(36)37)16-19-13-11-18(12-14-19)15-20(34)7-3-2-4-10-24(29)30/h5-6,8-9,11-14,23,31H,2-4,7,10,15-16H2,1H3,(H3,29,30)(H,32,35)(H,36,37). The SMILES string of the molecule is CC(=O)c1c(C(=O)NC(Cc2ccc(CC(=O)CCCCCC(=N)N)cc2)C(=O)O)[nH]c2ccccc12. The molecule has 9 heteroatoms. The van der Waals surface area contributed by atoms with Crippen molar-refractivity contribution in [3.63, 3.8) is 0 Å². The lowest BCUT2D eigenvalue weighted by molar-refractivity contribution is -0.139. The molecule has 1 unspecified atom stereocenters. The van der Waals surface area contributed by atoms with Crippen molar-refractivity contribution < 1.29 is 24.3 Å². The third-order valence-corrected chi connectivity index (χ3v) is 6.15. The normalized spacial score (nSPS) is 11.7. The molecule has 3 rings (SSSR count). The van der Waals surface area contributed by atoms with Crippen LogP contribution in [0.3, 0.4) is 0 Å². The first-order valence-electron chi connectivity index (χ1n) is 12.2. The molecule has 1 heterocycles. The van der Waals surface area contributed by atoms with Crippen LogP contribution >= 0.6 is 0 Å². The first kappa shape index (κ1) is 27.3. The Balaban J connectivity index is 1.60. The fraction of sp³-hybridized carbons (Fsp3) is 0.321. The number of ketones is 2. The number of carboxylic acid groups (broad SMARTS) is 1. The number of carboxylic acids is 1. The molecule has 2 aromatic carbocycles. The molecule has 0 saturated heterocycles. The van der Waals surface area contributed by atoms with Gasteiger partial charge >= 0.3 is 5.97 Å². The van der Waals surface area contributed by atoms with Crippen LogP contribution in [0.2, 0.25) is 0 Å². The summed E-state index contributed by atoms with van der Waals surface area (Å²) in [7, 11) is 0. The molecule has 0 aliphatic heterocycles. The zero-order chi connectivity index (χ0) is 26.9. The summed E-state index contributed by atoms with van der Waals surface area (Å²) in [5, 5.41) is 20.1. The number of fused-ring (bicyclic) bond motifs is 1. The number of para-hydroxylation sites is 1. The van der Waals surface area contributed by atoms with Crippen LogP contribution in [0.25, 0.3) is 10.9 Å². The van der Waals surface area contributed by atoms with Gasteiger partial charge in [0, 0.05) is 36.6 Å². The molecule has 0 spiro atoms. The molecule has 0 bridgehead atoms. The number of nitrogens with two attached hydrogens (primary N) is 1. The average Bonchev–Trinajstić information content (AvgIpc) is 3.24. The van der Waals surface area contributed by atoms with Gasteiger partial charge in [-0.3, -0.25) is 19.8 Å². The van der Waals surface area contributed by atoms with Crippen LogP contribution in [0.5, 0.6) is 0 Å². The summed E-state index contributed by atoms with van der Waals surface area (Å²) in [4.78, 5) is 52.3. The zero-order valence-electron chi connectivity index (χ0n) is 20.8. The van der Waals surface area contributed by atoms with Crippen molar-refractivity contribution in [3.05, 3.63) is 70.9 Å². The van der Waals surface area contributed by atoms with Crippen molar-refractivity contribution >= 4 is 40.2 Å². The van der Waals surface area contributed by atoms with Crippen molar-refractivity contribution in [1.82, 2.24) is 10.3 Å². The van der Waals surface area contributed by atoms with E-state index in [0.29, 0.717) is 35.7 Å². The van der Waals surface area contributed by atoms with Crippen LogP contribution in [0.15, 0.2) is 48.5 Å². The van der Waals surface area contributed by atoms with Crippen LogP contribution in [-0.4, -0.2) is 45.4 Å².